The van der Waals surface area contributed by atoms with Crippen molar-refractivity contribution in [1.29, 1.82) is 0 Å². The Morgan fingerprint density at radius 3 is 2.75 bits per heavy atom. The summed E-state index contributed by atoms with van der Waals surface area (Å²) in [5.74, 6) is 1.06. The van der Waals surface area contributed by atoms with Crippen LogP contribution in [0, 0.1) is 17.8 Å². The van der Waals surface area contributed by atoms with E-state index >= 15 is 0 Å². The Balaban J connectivity index is 1.52. The molecule has 3 aliphatic rings. The second-order valence-corrected chi connectivity index (χ2v) is 8.31. The first-order valence-corrected chi connectivity index (χ1v) is 9.11. The molecule has 3 fully saturated rings. The molecule has 0 spiro atoms. The Hall–Kier alpha value is -0.660. The maximum absolute atomic E-state index is 11.9. The monoisotopic (exact) mass is 302 g/mol. The largest absolute Gasteiger partial charge is 0.376 e. The highest BCUT2D eigenvalue weighted by molar-refractivity contribution is 7.88. The SMILES string of the molecule is CS(=O)(=O)N1C[C@H]2[C@@H](CC(=O)NCC3CC3)CO[C@H]2C1. The van der Waals surface area contributed by atoms with Crippen LogP contribution in [-0.2, 0) is 19.6 Å². The zero-order chi connectivity index (χ0) is 14.3. The van der Waals surface area contributed by atoms with Gasteiger partial charge in [0.25, 0.3) is 0 Å². The first-order valence-electron chi connectivity index (χ1n) is 7.27. The van der Waals surface area contributed by atoms with Gasteiger partial charge < -0.3 is 10.1 Å². The zero-order valence-corrected chi connectivity index (χ0v) is 12.6. The van der Waals surface area contributed by atoms with Gasteiger partial charge in [-0.05, 0) is 24.7 Å². The van der Waals surface area contributed by atoms with Crippen LogP contribution in [0.1, 0.15) is 19.3 Å². The number of carbonyl (C=O) groups excluding carboxylic acids is 1. The van der Waals surface area contributed by atoms with E-state index in [-0.39, 0.29) is 23.8 Å². The first-order chi connectivity index (χ1) is 9.43. The van der Waals surface area contributed by atoms with Gasteiger partial charge in [0.15, 0.2) is 0 Å². The Labute approximate surface area is 119 Å². The van der Waals surface area contributed by atoms with E-state index in [9.17, 15) is 13.2 Å². The molecule has 3 atom stereocenters. The van der Waals surface area contributed by atoms with Gasteiger partial charge in [0.1, 0.15) is 0 Å². The second-order valence-electron chi connectivity index (χ2n) is 6.33. The van der Waals surface area contributed by atoms with Crippen molar-refractivity contribution in [2.24, 2.45) is 17.8 Å². The number of carbonyl (C=O) groups is 1. The van der Waals surface area contributed by atoms with Gasteiger partial charge in [-0.25, -0.2) is 8.42 Å². The molecule has 114 valence electrons. The Morgan fingerprint density at radius 2 is 2.10 bits per heavy atom. The fourth-order valence-corrected chi connectivity index (χ4v) is 4.00. The number of sulfonamides is 1. The van der Waals surface area contributed by atoms with Crippen LogP contribution >= 0.6 is 0 Å². The summed E-state index contributed by atoms with van der Waals surface area (Å²) >= 11 is 0. The highest BCUT2D eigenvalue weighted by atomic mass is 32.2. The number of amides is 1. The molecule has 1 amide bonds. The van der Waals surface area contributed by atoms with E-state index in [1.165, 1.54) is 23.4 Å². The summed E-state index contributed by atoms with van der Waals surface area (Å²) < 4.78 is 30.3. The summed E-state index contributed by atoms with van der Waals surface area (Å²) in [4.78, 5) is 11.9. The molecule has 0 aromatic rings. The van der Waals surface area contributed by atoms with Crippen molar-refractivity contribution in [1.82, 2.24) is 9.62 Å². The summed E-state index contributed by atoms with van der Waals surface area (Å²) in [5.41, 5.74) is 0. The Bertz CT molecular complexity index is 489. The summed E-state index contributed by atoms with van der Waals surface area (Å²) in [5, 5.41) is 2.97. The van der Waals surface area contributed by atoms with Crippen molar-refractivity contribution in [3.63, 3.8) is 0 Å². The van der Waals surface area contributed by atoms with E-state index in [1.54, 1.807) is 0 Å². The average Bonchev–Trinajstić information content (AvgIpc) is 2.96. The molecule has 2 saturated heterocycles. The lowest BCUT2D eigenvalue weighted by molar-refractivity contribution is -0.122. The maximum Gasteiger partial charge on any atom is 0.220 e. The number of fused-ring (bicyclic) bond motifs is 1. The van der Waals surface area contributed by atoms with Gasteiger partial charge in [-0.15, -0.1) is 0 Å². The molecule has 2 heterocycles. The molecule has 3 rings (SSSR count). The molecule has 0 radical (unpaired) electrons. The van der Waals surface area contributed by atoms with Crippen molar-refractivity contribution >= 4 is 15.9 Å². The highest BCUT2D eigenvalue weighted by Crippen LogP contribution is 2.36. The minimum absolute atomic E-state index is 0.0362. The van der Waals surface area contributed by atoms with Crippen LogP contribution in [0.25, 0.3) is 0 Å². The van der Waals surface area contributed by atoms with Gasteiger partial charge in [0, 0.05) is 32.0 Å². The Kier molecular flexibility index (Phi) is 3.77. The molecular weight excluding hydrogens is 280 g/mol. The van der Waals surface area contributed by atoms with E-state index in [0.717, 1.165) is 6.54 Å². The van der Waals surface area contributed by atoms with Crippen LogP contribution < -0.4 is 5.32 Å². The van der Waals surface area contributed by atoms with E-state index in [4.69, 9.17) is 4.74 Å². The van der Waals surface area contributed by atoms with E-state index in [2.05, 4.69) is 5.32 Å². The summed E-state index contributed by atoms with van der Waals surface area (Å²) in [6.45, 7) is 2.29. The minimum Gasteiger partial charge on any atom is -0.376 e. The van der Waals surface area contributed by atoms with Crippen molar-refractivity contribution in [3.05, 3.63) is 0 Å². The van der Waals surface area contributed by atoms with Crippen LogP contribution in [-0.4, -0.2) is 57.2 Å². The first kappa shape index (κ1) is 14.3. The lowest BCUT2D eigenvalue weighted by Crippen LogP contribution is -2.32. The van der Waals surface area contributed by atoms with Crippen molar-refractivity contribution in [3.8, 4) is 0 Å². The molecule has 0 bridgehead atoms. The topological polar surface area (TPSA) is 75.7 Å². The number of rotatable bonds is 5. The van der Waals surface area contributed by atoms with Crippen molar-refractivity contribution in [2.45, 2.75) is 25.4 Å². The van der Waals surface area contributed by atoms with E-state index < -0.39 is 10.0 Å². The quantitative estimate of drug-likeness (QED) is 0.764. The van der Waals surface area contributed by atoms with Crippen LogP contribution in [0.5, 0.6) is 0 Å². The van der Waals surface area contributed by atoms with Crippen LogP contribution in [0.2, 0.25) is 0 Å². The number of hydrogen-bond acceptors (Lipinski definition) is 4. The lowest BCUT2D eigenvalue weighted by Gasteiger charge is -2.17. The fraction of sp³-hybridized carbons (Fsp3) is 0.923. The molecule has 1 N–H and O–H groups in total. The fourth-order valence-electron chi connectivity index (χ4n) is 3.13. The summed E-state index contributed by atoms with van der Waals surface area (Å²) in [7, 11) is -3.16. The van der Waals surface area contributed by atoms with Gasteiger partial charge in [-0.1, -0.05) is 0 Å². The van der Waals surface area contributed by atoms with Crippen molar-refractivity contribution in [2.75, 3.05) is 32.5 Å². The van der Waals surface area contributed by atoms with Gasteiger partial charge in [-0.3, -0.25) is 4.79 Å². The molecule has 0 unspecified atom stereocenters. The number of nitrogens with one attached hydrogen (secondary N) is 1. The van der Waals surface area contributed by atoms with Crippen LogP contribution in [0.4, 0.5) is 0 Å². The second kappa shape index (κ2) is 5.27. The third kappa shape index (κ3) is 3.15. The molecular formula is C13H22N2O4S. The lowest BCUT2D eigenvalue weighted by atomic mass is 9.90. The highest BCUT2D eigenvalue weighted by Gasteiger charge is 2.46. The van der Waals surface area contributed by atoms with Gasteiger partial charge >= 0.3 is 0 Å². The molecule has 1 aliphatic carbocycles. The molecule has 0 aromatic carbocycles. The third-order valence-corrected chi connectivity index (χ3v) is 5.84. The van der Waals surface area contributed by atoms with E-state index in [1.807, 2.05) is 0 Å². The molecule has 6 nitrogen and oxygen atoms in total. The number of ether oxygens (including phenoxy) is 1. The molecule has 1 saturated carbocycles. The van der Waals surface area contributed by atoms with Gasteiger partial charge in [-0.2, -0.15) is 4.31 Å². The molecule has 0 aromatic heterocycles. The predicted molar refractivity (Wildman–Crippen MR) is 73.5 cm³/mol. The smallest absolute Gasteiger partial charge is 0.220 e. The standard InChI is InChI=1S/C13H22N2O4S/c1-20(17,18)15-6-11-10(8-19-12(11)7-15)4-13(16)14-5-9-2-3-9/h9-12H,2-8H2,1H3,(H,14,16)/t10-,11-,12-/m0/s1. The van der Waals surface area contributed by atoms with Gasteiger partial charge in [0.2, 0.25) is 15.9 Å². The third-order valence-electron chi connectivity index (χ3n) is 4.61. The molecule has 2 aliphatic heterocycles. The van der Waals surface area contributed by atoms with Crippen LogP contribution in [0.3, 0.4) is 0 Å². The number of nitrogens with zero attached hydrogens (tertiary/aromatic N) is 1. The summed E-state index contributed by atoms with van der Waals surface area (Å²) in [6.07, 6.45) is 4.09. The normalized spacial score (nSPS) is 34.1. The Morgan fingerprint density at radius 1 is 1.35 bits per heavy atom. The van der Waals surface area contributed by atoms with E-state index in [0.29, 0.717) is 32.0 Å². The zero-order valence-electron chi connectivity index (χ0n) is 11.7. The maximum atomic E-state index is 11.9. The van der Waals surface area contributed by atoms with Gasteiger partial charge in [0.05, 0.1) is 19.0 Å². The summed E-state index contributed by atoms with van der Waals surface area (Å²) in [6, 6.07) is 0. The molecule has 7 heteroatoms. The number of hydrogen-bond donors (Lipinski definition) is 1. The molecule has 20 heavy (non-hydrogen) atoms. The average molecular weight is 302 g/mol. The van der Waals surface area contributed by atoms with Crippen molar-refractivity contribution < 1.29 is 17.9 Å². The predicted octanol–water partition coefficient (Wildman–Crippen LogP) is -0.191. The van der Waals surface area contributed by atoms with Crippen LogP contribution in [0.15, 0.2) is 0 Å². The minimum atomic E-state index is -3.16.